The van der Waals surface area contributed by atoms with E-state index < -0.39 is 27.1 Å². The molecule has 29 heavy (non-hydrogen) atoms. The average molecular weight is 413 g/mol. The predicted molar refractivity (Wildman–Crippen MR) is 104 cm³/mol. The van der Waals surface area contributed by atoms with Gasteiger partial charge in [-0.2, -0.15) is 0 Å². The Labute approximate surface area is 166 Å². The van der Waals surface area contributed by atoms with Gasteiger partial charge in [0.1, 0.15) is 0 Å². The van der Waals surface area contributed by atoms with Gasteiger partial charge in [0.05, 0.1) is 21.5 Å². The minimum Gasteiger partial charge on any atom is -0.322 e. The van der Waals surface area contributed by atoms with E-state index in [2.05, 4.69) is 15.6 Å². The summed E-state index contributed by atoms with van der Waals surface area (Å²) in [6.07, 6.45) is 1.55. The molecule has 2 amide bonds. The van der Waals surface area contributed by atoms with Gasteiger partial charge in [0.25, 0.3) is 23.2 Å². The lowest BCUT2D eigenvalue weighted by Gasteiger charge is -2.07. The molecule has 3 rings (SSSR count). The van der Waals surface area contributed by atoms with E-state index in [9.17, 15) is 29.8 Å². The fourth-order valence-electron chi connectivity index (χ4n) is 2.30. The Kier molecular flexibility index (Phi) is 5.55. The van der Waals surface area contributed by atoms with Crippen LogP contribution in [-0.2, 0) is 0 Å². The molecule has 2 aromatic carbocycles. The molecule has 3 aromatic rings. The molecule has 1 aromatic heterocycles. The maximum Gasteiger partial charge on any atom is 0.277 e. The second kappa shape index (κ2) is 8.22. The summed E-state index contributed by atoms with van der Waals surface area (Å²) in [5, 5.41) is 29.1. The van der Waals surface area contributed by atoms with E-state index in [0.29, 0.717) is 16.4 Å². The van der Waals surface area contributed by atoms with Crippen LogP contribution in [0.2, 0.25) is 0 Å². The van der Waals surface area contributed by atoms with Crippen molar-refractivity contribution >= 4 is 45.3 Å². The number of thiazole rings is 1. The molecule has 0 spiro atoms. The Hall–Kier alpha value is -4.19. The molecule has 0 aliphatic carbocycles. The lowest BCUT2D eigenvalue weighted by atomic mass is 10.1. The van der Waals surface area contributed by atoms with E-state index in [1.165, 1.54) is 35.6 Å². The summed E-state index contributed by atoms with van der Waals surface area (Å²) in [5.41, 5.74) is -0.757. The first-order valence-corrected chi connectivity index (χ1v) is 8.77. The van der Waals surface area contributed by atoms with Gasteiger partial charge in [-0.05, 0) is 24.3 Å². The Bertz CT molecular complexity index is 1070. The fraction of sp³-hybridized carbons (Fsp3) is 0. The van der Waals surface area contributed by atoms with E-state index in [1.54, 1.807) is 11.6 Å². The molecule has 0 atom stereocenters. The van der Waals surface area contributed by atoms with Crippen LogP contribution in [0.25, 0.3) is 0 Å². The Balaban J connectivity index is 1.74. The highest BCUT2D eigenvalue weighted by molar-refractivity contribution is 7.13. The molecule has 0 saturated heterocycles. The van der Waals surface area contributed by atoms with Gasteiger partial charge in [0, 0.05) is 35.0 Å². The van der Waals surface area contributed by atoms with Crippen LogP contribution in [-0.4, -0.2) is 26.6 Å². The molecule has 146 valence electrons. The summed E-state index contributed by atoms with van der Waals surface area (Å²) in [6, 6.07) is 8.51. The fourth-order valence-corrected chi connectivity index (χ4v) is 2.82. The first-order chi connectivity index (χ1) is 13.8. The highest BCUT2D eigenvalue weighted by Crippen LogP contribution is 2.23. The van der Waals surface area contributed by atoms with Crippen molar-refractivity contribution in [3.05, 3.63) is 85.4 Å². The van der Waals surface area contributed by atoms with Crippen molar-refractivity contribution in [3.8, 4) is 0 Å². The Morgan fingerprint density at radius 2 is 1.45 bits per heavy atom. The maximum absolute atomic E-state index is 12.4. The van der Waals surface area contributed by atoms with Crippen molar-refractivity contribution in [2.45, 2.75) is 0 Å². The summed E-state index contributed by atoms with van der Waals surface area (Å²) in [7, 11) is 0. The zero-order valence-corrected chi connectivity index (χ0v) is 15.2. The number of hydrogen-bond acceptors (Lipinski definition) is 8. The summed E-state index contributed by atoms with van der Waals surface area (Å²) >= 11 is 1.27. The van der Waals surface area contributed by atoms with Crippen LogP contribution in [0.4, 0.5) is 22.2 Å². The van der Waals surface area contributed by atoms with E-state index in [1.807, 2.05) is 0 Å². The average Bonchev–Trinajstić information content (AvgIpc) is 3.21. The number of anilines is 2. The number of non-ortho nitro benzene ring substituents is 2. The number of nitro groups is 2. The Morgan fingerprint density at radius 3 is 1.97 bits per heavy atom. The lowest BCUT2D eigenvalue weighted by Crippen LogP contribution is -2.14. The largest absolute Gasteiger partial charge is 0.322 e. The number of carbonyl (C=O) groups excluding carboxylic acids is 2. The summed E-state index contributed by atoms with van der Waals surface area (Å²) in [6.45, 7) is 0. The number of amides is 2. The van der Waals surface area contributed by atoms with Crippen LogP contribution in [0.15, 0.2) is 54.0 Å². The number of hydrogen-bond donors (Lipinski definition) is 2. The van der Waals surface area contributed by atoms with Gasteiger partial charge in [-0.15, -0.1) is 11.3 Å². The molecule has 0 unspecified atom stereocenters. The highest BCUT2D eigenvalue weighted by atomic mass is 32.1. The summed E-state index contributed by atoms with van der Waals surface area (Å²) in [4.78, 5) is 48.6. The van der Waals surface area contributed by atoms with Gasteiger partial charge >= 0.3 is 0 Å². The normalized spacial score (nSPS) is 10.2. The van der Waals surface area contributed by atoms with Crippen molar-refractivity contribution < 1.29 is 19.4 Å². The zero-order valence-electron chi connectivity index (χ0n) is 14.4. The molecule has 1 heterocycles. The van der Waals surface area contributed by atoms with E-state index in [4.69, 9.17) is 0 Å². The number of nitrogens with zero attached hydrogens (tertiary/aromatic N) is 3. The molecular formula is C17H11N5O6S. The molecule has 0 aliphatic heterocycles. The second-order valence-corrected chi connectivity index (χ2v) is 6.47. The van der Waals surface area contributed by atoms with Crippen LogP contribution >= 0.6 is 11.3 Å². The van der Waals surface area contributed by atoms with Crippen molar-refractivity contribution in [2.24, 2.45) is 0 Å². The number of nitro benzene ring substituents is 2. The first-order valence-electron chi connectivity index (χ1n) is 7.89. The van der Waals surface area contributed by atoms with Gasteiger partial charge in [-0.3, -0.25) is 35.1 Å². The maximum atomic E-state index is 12.4. The van der Waals surface area contributed by atoms with Crippen molar-refractivity contribution in [1.29, 1.82) is 0 Å². The van der Waals surface area contributed by atoms with Crippen molar-refractivity contribution in [2.75, 3.05) is 10.6 Å². The molecule has 2 N–H and O–H groups in total. The molecular weight excluding hydrogens is 402 g/mol. The van der Waals surface area contributed by atoms with Crippen molar-refractivity contribution in [3.63, 3.8) is 0 Å². The summed E-state index contributed by atoms with van der Waals surface area (Å²) < 4.78 is 0. The van der Waals surface area contributed by atoms with Gasteiger partial charge < -0.3 is 5.32 Å². The van der Waals surface area contributed by atoms with Gasteiger partial charge in [0.2, 0.25) is 0 Å². The molecule has 0 aliphatic rings. The third-order valence-electron chi connectivity index (χ3n) is 3.64. The third kappa shape index (κ3) is 4.75. The second-order valence-electron chi connectivity index (χ2n) is 5.58. The topological polar surface area (TPSA) is 157 Å². The van der Waals surface area contributed by atoms with E-state index >= 15 is 0 Å². The molecule has 0 saturated carbocycles. The minimum absolute atomic E-state index is 0.239. The van der Waals surface area contributed by atoms with E-state index in [-0.39, 0.29) is 11.5 Å². The SMILES string of the molecule is O=C(Nc1ccc(C(=O)Nc2nccs2)cc1)c1cc([N+](=O)[O-])cc([N+](=O)[O-])c1. The van der Waals surface area contributed by atoms with Crippen LogP contribution in [0, 0.1) is 20.2 Å². The minimum atomic E-state index is -0.820. The number of nitrogens with one attached hydrogen (secondary N) is 2. The standard InChI is InChI=1S/C17H11N5O6S/c23-15(20-17-18-5-6-29-17)10-1-3-12(4-2-10)19-16(24)11-7-13(21(25)26)9-14(8-11)22(27)28/h1-9H,(H,19,24)(H,18,20,23). The summed E-state index contributed by atoms with van der Waals surface area (Å²) in [5.74, 6) is -1.15. The molecule has 0 radical (unpaired) electrons. The number of carbonyl (C=O) groups is 2. The molecule has 11 nitrogen and oxygen atoms in total. The number of benzene rings is 2. The monoisotopic (exact) mass is 413 g/mol. The molecule has 0 bridgehead atoms. The quantitative estimate of drug-likeness (QED) is 0.462. The first kappa shape index (κ1) is 19.6. The number of rotatable bonds is 6. The zero-order chi connectivity index (χ0) is 21.0. The predicted octanol–water partition coefficient (Wildman–Crippen LogP) is 3.46. The third-order valence-corrected chi connectivity index (χ3v) is 4.33. The van der Waals surface area contributed by atoms with Crippen LogP contribution in [0.5, 0.6) is 0 Å². The van der Waals surface area contributed by atoms with Crippen LogP contribution in [0.1, 0.15) is 20.7 Å². The number of aromatic nitrogens is 1. The lowest BCUT2D eigenvalue weighted by molar-refractivity contribution is -0.394. The van der Waals surface area contributed by atoms with Crippen LogP contribution in [0.3, 0.4) is 0 Å². The van der Waals surface area contributed by atoms with Gasteiger partial charge in [-0.1, -0.05) is 0 Å². The van der Waals surface area contributed by atoms with Crippen LogP contribution < -0.4 is 10.6 Å². The van der Waals surface area contributed by atoms with E-state index in [0.717, 1.165) is 18.2 Å². The molecule has 12 heteroatoms. The Morgan fingerprint density at radius 1 is 0.862 bits per heavy atom. The van der Waals surface area contributed by atoms with Crippen molar-refractivity contribution in [1.82, 2.24) is 4.98 Å². The van der Waals surface area contributed by atoms with Gasteiger partial charge in [-0.25, -0.2) is 4.98 Å². The van der Waals surface area contributed by atoms with Gasteiger partial charge in [0.15, 0.2) is 5.13 Å². The molecule has 0 fully saturated rings. The highest BCUT2D eigenvalue weighted by Gasteiger charge is 2.20. The smallest absolute Gasteiger partial charge is 0.277 e.